The standard InChI is InChI=1S/C15H20BrClN2O/c1-10(18)12-3-2-6-19(9-12)15(20)7-11-4-5-13(17)8-14(11)16/h4-5,8,10,12H,2-3,6-7,9,18H2,1H3/t10-,12-/m0/s1. The molecule has 110 valence electrons. The molecule has 2 atom stereocenters. The molecule has 0 aliphatic carbocycles. The molecule has 0 spiro atoms. The molecular formula is C15H20BrClN2O. The van der Waals surface area contributed by atoms with Gasteiger partial charge in [-0.2, -0.15) is 0 Å². The van der Waals surface area contributed by atoms with Crippen LogP contribution < -0.4 is 5.73 Å². The second kappa shape index (κ2) is 6.92. The molecule has 0 aromatic heterocycles. The van der Waals surface area contributed by atoms with Crippen molar-refractivity contribution in [2.45, 2.75) is 32.2 Å². The Morgan fingerprint density at radius 2 is 2.35 bits per heavy atom. The number of nitrogens with two attached hydrogens (primary N) is 1. The molecule has 0 radical (unpaired) electrons. The van der Waals surface area contributed by atoms with Crippen LogP contribution in [0.4, 0.5) is 0 Å². The smallest absolute Gasteiger partial charge is 0.227 e. The first-order valence-electron chi connectivity index (χ1n) is 6.94. The minimum Gasteiger partial charge on any atom is -0.342 e. The Kier molecular flexibility index (Phi) is 5.47. The summed E-state index contributed by atoms with van der Waals surface area (Å²) in [6.45, 7) is 3.64. The van der Waals surface area contributed by atoms with Crippen LogP contribution >= 0.6 is 27.5 Å². The van der Waals surface area contributed by atoms with Crippen molar-refractivity contribution in [3.05, 3.63) is 33.3 Å². The molecule has 0 saturated carbocycles. The van der Waals surface area contributed by atoms with Gasteiger partial charge in [-0.25, -0.2) is 0 Å². The average Bonchev–Trinajstić information content (AvgIpc) is 2.42. The van der Waals surface area contributed by atoms with E-state index in [1.165, 1.54) is 0 Å². The van der Waals surface area contributed by atoms with Crippen molar-refractivity contribution in [1.29, 1.82) is 0 Å². The zero-order chi connectivity index (χ0) is 14.7. The van der Waals surface area contributed by atoms with E-state index in [0.29, 0.717) is 17.4 Å². The Bertz CT molecular complexity index is 493. The van der Waals surface area contributed by atoms with Crippen LogP contribution in [0.15, 0.2) is 22.7 Å². The van der Waals surface area contributed by atoms with Crippen molar-refractivity contribution in [3.63, 3.8) is 0 Å². The van der Waals surface area contributed by atoms with Crippen LogP contribution in [0.2, 0.25) is 5.02 Å². The van der Waals surface area contributed by atoms with Crippen LogP contribution in [0.5, 0.6) is 0 Å². The number of hydrogen-bond acceptors (Lipinski definition) is 2. The quantitative estimate of drug-likeness (QED) is 0.900. The van der Waals surface area contributed by atoms with E-state index in [2.05, 4.69) is 15.9 Å². The van der Waals surface area contributed by atoms with E-state index < -0.39 is 0 Å². The number of amides is 1. The SMILES string of the molecule is C[C@H](N)[C@H]1CCCN(C(=O)Cc2ccc(Cl)cc2Br)C1. The summed E-state index contributed by atoms with van der Waals surface area (Å²) in [5, 5.41) is 0.670. The summed E-state index contributed by atoms with van der Waals surface area (Å²) in [5.41, 5.74) is 6.94. The molecule has 1 aliphatic heterocycles. The van der Waals surface area contributed by atoms with Crippen molar-refractivity contribution in [3.8, 4) is 0 Å². The molecule has 5 heteroatoms. The molecule has 1 aromatic rings. The van der Waals surface area contributed by atoms with Gasteiger partial charge < -0.3 is 10.6 Å². The van der Waals surface area contributed by atoms with Crippen molar-refractivity contribution in [2.24, 2.45) is 11.7 Å². The third kappa shape index (κ3) is 3.96. The number of rotatable bonds is 3. The fourth-order valence-corrected chi connectivity index (χ4v) is 3.43. The summed E-state index contributed by atoms with van der Waals surface area (Å²) < 4.78 is 0.888. The lowest BCUT2D eigenvalue weighted by atomic mass is 9.92. The van der Waals surface area contributed by atoms with Crippen LogP contribution in [0.3, 0.4) is 0 Å². The summed E-state index contributed by atoms with van der Waals surface area (Å²) in [6, 6.07) is 5.69. The van der Waals surface area contributed by atoms with Crippen molar-refractivity contribution in [1.82, 2.24) is 4.90 Å². The predicted molar refractivity (Wildman–Crippen MR) is 85.8 cm³/mol. The monoisotopic (exact) mass is 358 g/mol. The molecular weight excluding hydrogens is 340 g/mol. The molecule has 1 fully saturated rings. The third-order valence-corrected chi connectivity index (χ3v) is 4.88. The van der Waals surface area contributed by atoms with E-state index in [1.807, 2.05) is 30.0 Å². The number of benzene rings is 1. The number of likely N-dealkylation sites (tertiary alicyclic amines) is 1. The van der Waals surface area contributed by atoms with Gasteiger partial charge in [0, 0.05) is 28.6 Å². The summed E-state index contributed by atoms with van der Waals surface area (Å²) in [4.78, 5) is 14.3. The van der Waals surface area contributed by atoms with Gasteiger partial charge in [0.25, 0.3) is 0 Å². The maximum absolute atomic E-state index is 12.4. The first kappa shape index (κ1) is 15.8. The average molecular weight is 360 g/mol. The largest absolute Gasteiger partial charge is 0.342 e. The van der Waals surface area contributed by atoms with E-state index in [1.54, 1.807) is 0 Å². The number of halogens is 2. The number of hydrogen-bond donors (Lipinski definition) is 1. The number of carbonyl (C=O) groups excluding carboxylic acids is 1. The van der Waals surface area contributed by atoms with E-state index in [0.717, 1.165) is 36.0 Å². The van der Waals surface area contributed by atoms with Gasteiger partial charge in [0.05, 0.1) is 6.42 Å². The molecule has 3 nitrogen and oxygen atoms in total. The third-order valence-electron chi connectivity index (χ3n) is 3.91. The molecule has 20 heavy (non-hydrogen) atoms. The molecule has 1 aromatic carbocycles. The highest BCUT2D eigenvalue weighted by Gasteiger charge is 2.25. The Labute approximate surface area is 133 Å². The van der Waals surface area contributed by atoms with E-state index >= 15 is 0 Å². The Morgan fingerprint density at radius 3 is 3.00 bits per heavy atom. The Balaban J connectivity index is 2.00. The lowest BCUT2D eigenvalue weighted by Crippen LogP contribution is -2.45. The highest BCUT2D eigenvalue weighted by Crippen LogP contribution is 2.24. The Hall–Kier alpha value is -0.580. The van der Waals surface area contributed by atoms with Crippen LogP contribution in [0, 0.1) is 5.92 Å². The molecule has 1 aliphatic rings. The maximum atomic E-state index is 12.4. The van der Waals surface area contributed by atoms with Gasteiger partial charge >= 0.3 is 0 Å². The van der Waals surface area contributed by atoms with E-state index in [-0.39, 0.29) is 11.9 Å². The second-order valence-corrected chi connectivity index (χ2v) is 6.80. The number of nitrogens with zero attached hydrogens (tertiary/aromatic N) is 1. The number of piperidine rings is 1. The van der Waals surface area contributed by atoms with Crippen LogP contribution in [0.1, 0.15) is 25.3 Å². The maximum Gasteiger partial charge on any atom is 0.227 e. The van der Waals surface area contributed by atoms with E-state index in [4.69, 9.17) is 17.3 Å². The molecule has 2 rings (SSSR count). The van der Waals surface area contributed by atoms with Crippen LogP contribution in [-0.4, -0.2) is 29.9 Å². The zero-order valence-electron chi connectivity index (χ0n) is 11.6. The lowest BCUT2D eigenvalue weighted by Gasteiger charge is -2.34. The fraction of sp³-hybridized carbons (Fsp3) is 0.533. The van der Waals surface area contributed by atoms with Crippen molar-refractivity contribution >= 4 is 33.4 Å². The molecule has 2 N–H and O–H groups in total. The summed E-state index contributed by atoms with van der Waals surface area (Å²) >= 11 is 9.38. The molecule has 1 amide bonds. The fourth-order valence-electron chi connectivity index (χ4n) is 2.61. The lowest BCUT2D eigenvalue weighted by molar-refractivity contribution is -0.132. The minimum absolute atomic E-state index is 0.146. The Morgan fingerprint density at radius 1 is 1.60 bits per heavy atom. The van der Waals surface area contributed by atoms with Gasteiger partial charge in [-0.3, -0.25) is 4.79 Å². The topological polar surface area (TPSA) is 46.3 Å². The molecule has 0 bridgehead atoms. The summed E-state index contributed by atoms with van der Waals surface area (Å²) in [5.74, 6) is 0.583. The first-order chi connectivity index (χ1) is 9.47. The van der Waals surface area contributed by atoms with Gasteiger partial charge in [-0.05, 0) is 43.4 Å². The van der Waals surface area contributed by atoms with Gasteiger partial charge in [0.2, 0.25) is 5.91 Å². The second-order valence-electron chi connectivity index (χ2n) is 5.51. The first-order valence-corrected chi connectivity index (χ1v) is 8.11. The zero-order valence-corrected chi connectivity index (χ0v) is 14.0. The van der Waals surface area contributed by atoms with E-state index in [9.17, 15) is 4.79 Å². The minimum atomic E-state index is 0.146. The van der Waals surface area contributed by atoms with Gasteiger partial charge in [-0.15, -0.1) is 0 Å². The molecule has 0 unspecified atom stereocenters. The normalized spacial score (nSPS) is 20.8. The van der Waals surface area contributed by atoms with Crippen molar-refractivity contribution in [2.75, 3.05) is 13.1 Å². The van der Waals surface area contributed by atoms with Crippen LogP contribution in [0.25, 0.3) is 0 Å². The van der Waals surface area contributed by atoms with Gasteiger partial charge in [-0.1, -0.05) is 33.6 Å². The van der Waals surface area contributed by atoms with Crippen LogP contribution in [-0.2, 0) is 11.2 Å². The van der Waals surface area contributed by atoms with Crippen molar-refractivity contribution < 1.29 is 4.79 Å². The predicted octanol–water partition coefficient (Wildman–Crippen LogP) is 3.23. The molecule has 1 saturated heterocycles. The van der Waals surface area contributed by atoms with Gasteiger partial charge in [0.15, 0.2) is 0 Å². The molecule has 1 heterocycles. The summed E-state index contributed by atoms with van der Waals surface area (Å²) in [7, 11) is 0. The van der Waals surface area contributed by atoms with Gasteiger partial charge in [0.1, 0.15) is 0 Å². The summed E-state index contributed by atoms with van der Waals surface area (Å²) in [6.07, 6.45) is 2.56. The highest BCUT2D eigenvalue weighted by atomic mass is 79.9. The number of carbonyl (C=O) groups is 1. The highest BCUT2D eigenvalue weighted by molar-refractivity contribution is 9.10.